The van der Waals surface area contributed by atoms with Crippen LogP contribution in [0.3, 0.4) is 0 Å². The predicted molar refractivity (Wildman–Crippen MR) is 52.7 cm³/mol. The molecule has 1 N–H and O–H groups in total. The number of para-hydroxylation sites is 1. The van der Waals surface area contributed by atoms with Gasteiger partial charge in [-0.05, 0) is 23.5 Å². The van der Waals surface area contributed by atoms with Gasteiger partial charge in [0.2, 0.25) is 0 Å². The van der Waals surface area contributed by atoms with Gasteiger partial charge in [-0.2, -0.15) is 0 Å². The van der Waals surface area contributed by atoms with Crippen LogP contribution in [0.4, 0.5) is 5.13 Å². The molecular formula is C9H11N2S+. The molecular weight excluding hydrogens is 168 g/mol. The molecule has 12 heavy (non-hydrogen) atoms. The standard InChI is InChI=1S/C9H10N2S/c1-11(2)9-10-7-5-3-4-6-8(7)12-9/h3-6H,1-2H3/p+1. The lowest BCUT2D eigenvalue weighted by Crippen LogP contribution is -2.16. The summed E-state index contributed by atoms with van der Waals surface area (Å²) in [6, 6.07) is 8.33. The van der Waals surface area contributed by atoms with Gasteiger partial charge in [-0.3, -0.25) is 4.90 Å². The second-order valence-corrected chi connectivity index (χ2v) is 3.95. The average molecular weight is 179 g/mol. The van der Waals surface area contributed by atoms with Crippen molar-refractivity contribution >= 4 is 26.7 Å². The van der Waals surface area contributed by atoms with E-state index in [9.17, 15) is 0 Å². The van der Waals surface area contributed by atoms with Gasteiger partial charge in [-0.25, -0.2) is 4.98 Å². The van der Waals surface area contributed by atoms with E-state index in [4.69, 9.17) is 0 Å². The molecule has 2 rings (SSSR count). The first-order valence-electron chi connectivity index (χ1n) is 3.85. The molecule has 2 nitrogen and oxygen atoms in total. The fourth-order valence-corrected chi connectivity index (χ4v) is 2.03. The molecule has 0 fully saturated rings. The molecule has 0 aliphatic rings. The third kappa shape index (κ3) is 1.16. The second kappa shape index (κ2) is 2.75. The highest BCUT2D eigenvalue weighted by atomic mass is 32.1. The zero-order valence-electron chi connectivity index (χ0n) is 7.16. The van der Waals surface area contributed by atoms with Crippen LogP contribution in [0.5, 0.6) is 0 Å². The molecule has 1 aromatic heterocycles. The van der Waals surface area contributed by atoms with Crippen LogP contribution in [0.1, 0.15) is 0 Å². The number of H-pyrrole nitrogens is 1. The van der Waals surface area contributed by atoms with Crippen LogP contribution in [0, 0.1) is 0 Å². The van der Waals surface area contributed by atoms with E-state index >= 15 is 0 Å². The Morgan fingerprint density at radius 1 is 1.25 bits per heavy atom. The van der Waals surface area contributed by atoms with Gasteiger partial charge in [-0.15, -0.1) is 0 Å². The average Bonchev–Trinajstić information content (AvgIpc) is 2.46. The number of hydrogen-bond donors (Lipinski definition) is 0. The number of nitrogens with zero attached hydrogens (tertiary/aromatic N) is 1. The number of nitrogens with one attached hydrogen (secondary N) is 1. The van der Waals surface area contributed by atoms with Crippen LogP contribution < -0.4 is 9.88 Å². The van der Waals surface area contributed by atoms with Crippen molar-refractivity contribution in [2.24, 2.45) is 0 Å². The molecule has 3 heteroatoms. The molecule has 2 aromatic rings. The SMILES string of the molecule is CN(C)c1[nH+]c2ccccc2s1. The number of fused-ring (bicyclic) bond motifs is 1. The number of thiazole rings is 1. The fourth-order valence-electron chi connectivity index (χ4n) is 1.11. The third-order valence-electron chi connectivity index (χ3n) is 1.74. The fraction of sp³-hybridized carbons (Fsp3) is 0.222. The van der Waals surface area contributed by atoms with Gasteiger partial charge >= 0.3 is 5.13 Å². The first-order valence-corrected chi connectivity index (χ1v) is 4.67. The van der Waals surface area contributed by atoms with Crippen molar-refractivity contribution in [1.82, 2.24) is 0 Å². The highest BCUT2D eigenvalue weighted by Gasteiger charge is 2.09. The lowest BCUT2D eigenvalue weighted by Gasteiger charge is -1.95. The molecule has 0 aliphatic carbocycles. The van der Waals surface area contributed by atoms with E-state index in [2.05, 4.69) is 28.1 Å². The molecule has 0 aliphatic heterocycles. The number of anilines is 1. The van der Waals surface area contributed by atoms with E-state index in [1.54, 1.807) is 11.3 Å². The smallest absolute Gasteiger partial charge is 0.258 e. The predicted octanol–water partition coefficient (Wildman–Crippen LogP) is 1.78. The number of hydrogen-bond acceptors (Lipinski definition) is 2. The zero-order valence-corrected chi connectivity index (χ0v) is 7.98. The summed E-state index contributed by atoms with van der Waals surface area (Å²) in [5.74, 6) is 0. The molecule has 0 unspecified atom stereocenters. The monoisotopic (exact) mass is 179 g/mol. The minimum absolute atomic E-state index is 1.19. The Labute approximate surface area is 75.5 Å². The Balaban J connectivity index is 2.62. The van der Waals surface area contributed by atoms with Crippen molar-refractivity contribution in [2.75, 3.05) is 19.0 Å². The van der Waals surface area contributed by atoms with Crippen molar-refractivity contribution in [1.29, 1.82) is 0 Å². The van der Waals surface area contributed by atoms with Crippen molar-refractivity contribution in [3.05, 3.63) is 24.3 Å². The van der Waals surface area contributed by atoms with Gasteiger partial charge in [0, 0.05) is 0 Å². The minimum atomic E-state index is 1.19. The lowest BCUT2D eigenvalue weighted by atomic mass is 10.3. The molecule has 0 atom stereocenters. The van der Waals surface area contributed by atoms with Crippen LogP contribution in [-0.4, -0.2) is 14.1 Å². The molecule has 1 heterocycles. The number of benzene rings is 1. The maximum absolute atomic E-state index is 3.34. The summed E-state index contributed by atoms with van der Waals surface area (Å²) in [6.45, 7) is 0. The van der Waals surface area contributed by atoms with E-state index in [0.717, 1.165) is 0 Å². The Bertz CT molecular complexity index is 359. The highest BCUT2D eigenvalue weighted by Crippen LogP contribution is 2.22. The van der Waals surface area contributed by atoms with Gasteiger partial charge < -0.3 is 0 Å². The molecule has 0 spiro atoms. The zero-order chi connectivity index (χ0) is 8.55. The lowest BCUT2D eigenvalue weighted by molar-refractivity contribution is -0.324. The molecule has 0 radical (unpaired) electrons. The normalized spacial score (nSPS) is 10.5. The van der Waals surface area contributed by atoms with E-state index < -0.39 is 0 Å². The van der Waals surface area contributed by atoms with Crippen LogP contribution in [0.15, 0.2) is 24.3 Å². The number of aromatic nitrogens is 1. The molecule has 0 bridgehead atoms. The summed E-state index contributed by atoms with van der Waals surface area (Å²) in [4.78, 5) is 5.43. The van der Waals surface area contributed by atoms with Gasteiger partial charge in [0.15, 0.2) is 0 Å². The van der Waals surface area contributed by atoms with E-state index in [1.165, 1.54) is 15.3 Å². The van der Waals surface area contributed by atoms with Crippen molar-refractivity contribution in [2.45, 2.75) is 0 Å². The number of rotatable bonds is 1. The molecule has 1 aromatic carbocycles. The van der Waals surface area contributed by atoms with Crippen LogP contribution in [0.25, 0.3) is 10.2 Å². The summed E-state index contributed by atoms with van der Waals surface area (Å²) in [6.07, 6.45) is 0. The van der Waals surface area contributed by atoms with Gasteiger partial charge in [0.1, 0.15) is 5.52 Å². The molecule has 0 amide bonds. The summed E-state index contributed by atoms with van der Waals surface area (Å²) in [5.41, 5.74) is 1.21. The Hall–Kier alpha value is -1.09. The van der Waals surface area contributed by atoms with E-state index in [-0.39, 0.29) is 0 Å². The maximum atomic E-state index is 3.34. The summed E-state index contributed by atoms with van der Waals surface area (Å²) in [7, 11) is 4.09. The molecule has 0 saturated carbocycles. The molecule has 62 valence electrons. The van der Waals surface area contributed by atoms with Crippen molar-refractivity contribution in [3.8, 4) is 0 Å². The van der Waals surface area contributed by atoms with E-state index in [0.29, 0.717) is 0 Å². The second-order valence-electron chi connectivity index (χ2n) is 2.92. The quantitative estimate of drug-likeness (QED) is 0.652. The van der Waals surface area contributed by atoms with Gasteiger partial charge in [0.05, 0.1) is 18.8 Å². The summed E-state index contributed by atoms with van der Waals surface area (Å²) in [5, 5.41) is 1.19. The van der Waals surface area contributed by atoms with Crippen LogP contribution in [0.2, 0.25) is 0 Å². The maximum Gasteiger partial charge on any atom is 0.334 e. The summed E-state index contributed by atoms with van der Waals surface area (Å²) < 4.78 is 1.31. The van der Waals surface area contributed by atoms with Gasteiger partial charge in [-0.1, -0.05) is 12.1 Å². The van der Waals surface area contributed by atoms with Gasteiger partial charge in [0.25, 0.3) is 0 Å². The largest absolute Gasteiger partial charge is 0.334 e. The van der Waals surface area contributed by atoms with E-state index in [1.807, 2.05) is 20.2 Å². The summed E-state index contributed by atoms with van der Waals surface area (Å²) >= 11 is 1.78. The van der Waals surface area contributed by atoms with Crippen molar-refractivity contribution in [3.63, 3.8) is 0 Å². The highest BCUT2D eigenvalue weighted by molar-refractivity contribution is 7.21. The third-order valence-corrected chi connectivity index (χ3v) is 2.98. The Morgan fingerprint density at radius 3 is 2.67 bits per heavy atom. The first-order chi connectivity index (χ1) is 5.77. The Morgan fingerprint density at radius 2 is 2.00 bits per heavy atom. The Kier molecular flexibility index (Phi) is 1.73. The first kappa shape index (κ1) is 7.55. The van der Waals surface area contributed by atoms with Crippen LogP contribution >= 0.6 is 11.3 Å². The minimum Gasteiger partial charge on any atom is -0.258 e. The van der Waals surface area contributed by atoms with Crippen LogP contribution in [-0.2, 0) is 0 Å². The number of aromatic amines is 1. The topological polar surface area (TPSA) is 17.4 Å². The van der Waals surface area contributed by atoms with Crippen molar-refractivity contribution < 1.29 is 4.98 Å². The molecule has 0 saturated heterocycles.